The molecule has 4 nitrogen and oxygen atoms in total. The van der Waals surface area contributed by atoms with E-state index in [0.29, 0.717) is 28.3 Å². The lowest BCUT2D eigenvalue weighted by molar-refractivity contribution is -0.117. The average Bonchev–Trinajstić information content (AvgIpc) is 3.27. The van der Waals surface area contributed by atoms with Gasteiger partial charge in [-0.2, -0.15) is 0 Å². The summed E-state index contributed by atoms with van der Waals surface area (Å²) in [5, 5.41) is 12.5. The third kappa shape index (κ3) is 5.15. The number of amides is 1. The van der Waals surface area contributed by atoms with Gasteiger partial charge in [-0.05, 0) is 44.4 Å². The Kier molecular flexibility index (Phi) is 6.30. The lowest BCUT2D eigenvalue weighted by Gasteiger charge is -2.21. The summed E-state index contributed by atoms with van der Waals surface area (Å²) in [4.78, 5) is 14.3. The predicted octanol–water partition coefficient (Wildman–Crippen LogP) is 3.17. The van der Waals surface area contributed by atoms with E-state index in [-0.39, 0.29) is 12.5 Å². The van der Waals surface area contributed by atoms with Crippen molar-refractivity contribution in [3.05, 3.63) is 28.2 Å². The van der Waals surface area contributed by atoms with Crippen LogP contribution in [0.4, 0.5) is 5.69 Å². The number of para-hydroxylation sites is 1. The molecule has 1 aromatic carbocycles. The third-order valence-corrected chi connectivity index (χ3v) is 4.12. The molecule has 1 amide bonds. The van der Waals surface area contributed by atoms with Crippen LogP contribution in [0.5, 0.6) is 0 Å². The van der Waals surface area contributed by atoms with Gasteiger partial charge in [-0.25, -0.2) is 0 Å². The van der Waals surface area contributed by atoms with Gasteiger partial charge in [0.15, 0.2) is 0 Å². The maximum absolute atomic E-state index is 12.2. The smallest absolute Gasteiger partial charge is 0.238 e. The van der Waals surface area contributed by atoms with Crippen LogP contribution in [0.2, 0.25) is 10.0 Å². The van der Waals surface area contributed by atoms with E-state index in [2.05, 4.69) is 10.2 Å². The maximum Gasteiger partial charge on any atom is 0.238 e. The van der Waals surface area contributed by atoms with Gasteiger partial charge in [0, 0.05) is 12.6 Å². The highest BCUT2D eigenvalue weighted by atomic mass is 35.5. The molecule has 1 fully saturated rings. The molecular weight excluding hydrogens is 311 g/mol. The SMILES string of the molecule is O=C(CN(CCCCO)C1CC1)Nc1c(Cl)cccc1Cl. The fraction of sp³-hybridized carbons (Fsp3) is 0.533. The Morgan fingerprint density at radius 3 is 2.52 bits per heavy atom. The van der Waals surface area contributed by atoms with E-state index in [0.717, 1.165) is 32.2 Å². The van der Waals surface area contributed by atoms with Gasteiger partial charge in [0.25, 0.3) is 0 Å². The lowest BCUT2D eigenvalue weighted by Crippen LogP contribution is -2.35. The number of unbranched alkanes of at least 4 members (excludes halogenated alkanes) is 1. The normalized spacial score (nSPS) is 14.5. The summed E-state index contributed by atoms with van der Waals surface area (Å²) in [6.07, 6.45) is 3.94. The molecule has 1 aliphatic rings. The zero-order valence-corrected chi connectivity index (χ0v) is 13.3. The minimum absolute atomic E-state index is 0.110. The largest absolute Gasteiger partial charge is 0.396 e. The monoisotopic (exact) mass is 330 g/mol. The van der Waals surface area contributed by atoms with Gasteiger partial charge in [0.05, 0.1) is 22.3 Å². The number of carbonyl (C=O) groups is 1. The van der Waals surface area contributed by atoms with Crippen molar-refractivity contribution < 1.29 is 9.90 Å². The topological polar surface area (TPSA) is 52.6 Å². The Hall–Kier alpha value is -0.810. The highest BCUT2D eigenvalue weighted by Gasteiger charge is 2.29. The van der Waals surface area contributed by atoms with E-state index in [1.165, 1.54) is 0 Å². The van der Waals surface area contributed by atoms with Crippen molar-refractivity contribution in [3.8, 4) is 0 Å². The Balaban J connectivity index is 1.90. The van der Waals surface area contributed by atoms with Crippen molar-refractivity contribution in [1.29, 1.82) is 0 Å². The summed E-state index contributed by atoms with van der Waals surface area (Å²) in [5.74, 6) is -0.110. The number of hydrogen-bond acceptors (Lipinski definition) is 3. The van der Waals surface area contributed by atoms with Gasteiger partial charge in [-0.15, -0.1) is 0 Å². The second-order valence-electron chi connectivity index (χ2n) is 5.28. The van der Waals surface area contributed by atoms with E-state index in [4.69, 9.17) is 28.3 Å². The fourth-order valence-corrected chi connectivity index (χ4v) is 2.73. The first-order chi connectivity index (χ1) is 10.1. The van der Waals surface area contributed by atoms with E-state index in [9.17, 15) is 4.79 Å². The molecule has 0 bridgehead atoms. The number of rotatable bonds is 8. The molecule has 2 N–H and O–H groups in total. The number of halogens is 2. The summed E-state index contributed by atoms with van der Waals surface area (Å²) in [5.41, 5.74) is 0.469. The summed E-state index contributed by atoms with van der Waals surface area (Å²) in [6, 6.07) is 5.63. The van der Waals surface area contributed by atoms with Gasteiger partial charge >= 0.3 is 0 Å². The number of nitrogens with zero attached hydrogens (tertiary/aromatic N) is 1. The van der Waals surface area contributed by atoms with Crippen LogP contribution in [0.25, 0.3) is 0 Å². The molecule has 0 aliphatic heterocycles. The van der Waals surface area contributed by atoms with Crippen molar-refractivity contribution >= 4 is 34.8 Å². The number of carbonyl (C=O) groups excluding carboxylic acids is 1. The lowest BCUT2D eigenvalue weighted by atomic mass is 10.3. The molecule has 1 aromatic rings. The number of aliphatic hydroxyl groups excluding tert-OH is 1. The molecule has 0 heterocycles. The minimum atomic E-state index is -0.110. The molecule has 0 spiro atoms. The predicted molar refractivity (Wildman–Crippen MR) is 86.0 cm³/mol. The molecular formula is C15H20Cl2N2O2. The third-order valence-electron chi connectivity index (χ3n) is 3.49. The van der Waals surface area contributed by atoms with Crippen LogP contribution >= 0.6 is 23.2 Å². The summed E-state index contributed by atoms with van der Waals surface area (Å²) < 4.78 is 0. The van der Waals surface area contributed by atoms with Crippen LogP contribution in [-0.2, 0) is 4.79 Å². The first kappa shape index (κ1) is 16.6. The van der Waals surface area contributed by atoms with Crippen molar-refractivity contribution in [2.24, 2.45) is 0 Å². The maximum atomic E-state index is 12.2. The Morgan fingerprint density at radius 1 is 1.29 bits per heavy atom. The molecule has 21 heavy (non-hydrogen) atoms. The molecule has 2 rings (SSSR count). The molecule has 0 radical (unpaired) electrons. The van der Waals surface area contributed by atoms with Crippen LogP contribution in [0.1, 0.15) is 25.7 Å². The highest BCUT2D eigenvalue weighted by molar-refractivity contribution is 6.39. The standard InChI is InChI=1S/C15H20Cl2N2O2/c16-12-4-3-5-13(17)15(12)18-14(21)10-19(11-6-7-11)8-1-2-9-20/h3-5,11,20H,1-2,6-10H2,(H,18,21). The van der Waals surface area contributed by atoms with Crippen molar-refractivity contribution in [1.82, 2.24) is 4.90 Å². The van der Waals surface area contributed by atoms with Gasteiger partial charge in [-0.1, -0.05) is 29.3 Å². The van der Waals surface area contributed by atoms with Crippen molar-refractivity contribution in [2.75, 3.05) is 25.0 Å². The van der Waals surface area contributed by atoms with Crippen LogP contribution in [-0.4, -0.2) is 41.7 Å². The van der Waals surface area contributed by atoms with E-state index in [1.54, 1.807) is 18.2 Å². The Labute approximate surface area is 135 Å². The number of hydrogen-bond donors (Lipinski definition) is 2. The minimum Gasteiger partial charge on any atom is -0.396 e. The van der Waals surface area contributed by atoms with Gasteiger partial charge in [0.1, 0.15) is 0 Å². The number of aliphatic hydroxyl groups is 1. The van der Waals surface area contributed by atoms with Crippen LogP contribution in [0, 0.1) is 0 Å². The van der Waals surface area contributed by atoms with Gasteiger partial charge in [-0.3, -0.25) is 9.69 Å². The molecule has 0 saturated heterocycles. The summed E-state index contributed by atoms with van der Waals surface area (Å²) in [6.45, 7) is 1.35. The summed E-state index contributed by atoms with van der Waals surface area (Å²) >= 11 is 12.1. The Bertz CT molecular complexity index is 472. The van der Waals surface area contributed by atoms with E-state index < -0.39 is 0 Å². The highest BCUT2D eigenvalue weighted by Crippen LogP contribution is 2.30. The zero-order valence-electron chi connectivity index (χ0n) is 11.8. The second kappa shape index (κ2) is 7.99. The number of nitrogens with one attached hydrogen (secondary N) is 1. The average molecular weight is 331 g/mol. The van der Waals surface area contributed by atoms with Crippen LogP contribution < -0.4 is 5.32 Å². The molecule has 0 unspecified atom stereocenters. The first-order valence-corrected chi connectivity index (χ1v) is 7.96. The van der Waals surface area contributed by atoms with Crippen LogP contribution in [0.3, 0.4) is 0 Å². The molecule has 0 aromatic heterocycles. The molecule has 1 aliphatic carbocycles. The fourth-order valence-electron chi connectivity index (χ4n) is 2.24. The number of benzene rings is 1. The van der Waals surface area contributed by atoms with Crippen molar-refractivity contribution in [2.45, 2.75) is 31.7 Å². The first-order valence-electron chi connectivity index (χ1n) is 7.20. The zero-order chi connectivity index (χ0) is 15.2. The quantitative estimate of drug-likeness (QED) is 0.720. The van der Waals surface area contributed by atoms with E-state index in [1.807, 2.05) is 0 Å². The van der Waals surface area contributed by atoms with Crippen LogP contribution in [0.15, 0.2) is 18.2 Å². The van der Waals surface area contributed by atoms with Crippen molar-refractivity contribution in [3.63, 3.8) is 0 Å². The molecule has 0 atom stereocenters. The Morgan fingerprint density at radius 2 is 1.95 bits per heavy atom. The molecule has 1 saturated carbocycles. The molecule has 116 valence electrons. The number of anilines is 1. The molecule has 6 heteroatoms. The van der Waals surface area contributed by atoms with Gasteiger partial charge < -0.3 is 10.4 Å². The summed E-state index contributed by atoms with van der Waals surface area (Å²) in [7, 11) is 0. The van der Waals surface area contributed by atoms with E-state index >= 15 is 0 Å². The second-order valence-corrected chi connectivity index (χ2v) is 6.09. The van der Waals surface area contributed by atoms with Gasteiger partial charge in [0.2, 0.25) is 5.91 Å².